The predicted molar refractivity (Wildman–Crippen MR) is 138 cm³/mol. The molecule has 0 saturated heterocycles. The van der Waals surface area contributed by atoms with Gasteiger partial charge in [0.05, 0.1) is 13.2 Å². The molecule has 0 saturated carbocycles. The van der Waals surface area contributed by atoms with E-state index in [0.29, 0.717) is 6.54 Å². The lowest BCUT2D eigenvalue weighted by molar-refractivity contribution is 0.128. The molecule has 0 aliphatic carbocycles. The third kappa shape index (κ3) is 20.2. The van der Waals surface area contributed by atoms with E-state index in [1.165, 1.54) is 128 Å². The summed E-state index contributed by atoms with van der Waals surface area (Å²) >= 11 is 0. The van der Waals surface area contributed by atoms with Crippen LogP contribution in [0.5, 0.6) is 0 Å². The summed E-state index contributed by atoms with van der Waals surface area (Å²) in [6.45, 7) is 5.49. The molecule has 0 aromatic rings. The highest BCUT2D eigenvalue weighted by Crippen LogP contribution is 2.24. The second kappa shape index (κ2) is 24.5. The average Bonchev–Trinajstić information content (AvgIpc) is 2.79. The summed E-state index contributed by atoms with van der Waals surface area (Å²) in [5, 5.41) is 22.9. The van der Waals surface area contributed by atoms with E-state index in [1.807, 2.05) is 0 Å². The first kappa shape index (κ1) is 30.9. The Balaban J connectivity index is 3.89. The van der Waals surface area contributed by atoms with Gasteiger partial charge in [-0.15, -0.1) is 0 Å². The Kier molecular flexibility index (Phi) is 24.4. The Morgan fingerprint density at radius 1 is 0.484 bits per heavy atom. The fraction of sp³-hybridized carbons (Fsp3) is 1.00. The van der Waals surface area contributed by atoms with Crippen molar-refractivity contribution >= 4 is 0 Å². The molecule has 0 aromatic carbocycles. The largest absolute Gasteiger partial charge is 0.395 e. The third-order valence-electron chi connectivity index (χ3n) is 6.93. The summed E-state index contributed by atoms with van der Waals surface area (Å²) in [5.74, 6) is 0. The van der Waals surface area contributed by atoms with Crippen molar-refractivity contribution in [1.29, 1.82) is 0 Å². The number of hydrogen-bond acceptors (Lipinski definition) is 3. The average molecular weight is 442 g/mol. The van der Waals surface area contributed by atoms with Crippen LogP contribution in [0.3, 0.4) is 0 Å². The number of β-amino-alcohol motifs (C(OH)–C–C–N with tert-alkyl or cyclic N) is 1. The maximum atomic E-state index is 10.1. The molecule has 0 atom stereocenters. The van der Waals surface area contributed by atoms with Crippen molar-refractivity contribution in [1.82, 2.24) is 5.32 Å². The molecule has 0 radical (unpaired) electrons. The maximum absolute atomic E-state index is 10.1. The van der Waals surface area contributed by atoms with Crippen molar-refractivity contribution in [2.45, 2.75) is 161 Å². The first-order valence-electron chi connectivity index (χ1n) is 14.2. The van der Waals surface area contributed by atoms with E-state index in [0.717, 1.165) is 12.8 Å². The van der Waals surface area contributed by atoms with Crippen molar-refractivity contribution in [3.05, 3.63) is 0 Å². The molecule has 0 heterocycles. The zero-order chi connectivity index (χ0) is 22.9. The van der Waals surface area contributed by atoms with Crippen LogP contribution in [0.25, 0.3) is 0 Å². The number of nitrogens with one attached hydrogen (secondary N) is 1. The minimum absolute atomic E-state index is 0.151. The lowest BCUT2D eigenvalue weighted by Gasteiger charge is -2.33. The van der Waals surface area contributed by atoms with Crippen LogP contribution in [-0.2, 0) is 0 Å². The molecule has 3 N–H and O–H groups in total. The monoisotopic (exact) mass is 441 g/mol. The summed E-state index contributed by atoms with van der Waals surface area (Å²) in [6.07, 6.45) is 29.0. The van der Waals surface area contributed by atoms with E-state index in [4.69, 9.17) is 0 Å². The summed E-state index contributed by atoms with van der Waals surface area (Å²) in [4.78, 5) is 0. The van der Waals surface area contributed by atoms with Gasteiger partial charge in [0.1, 0.15) is 0 Å². The van der Waals surface area contributed by atoms with E-state index >= 15 is 0 Å². The normalized spacial score (nSPS) is 12.0. The molecular weight excluding hydrogens is 382 g/mol. The molecular formula is C28H59NO2. The third-order valence-corrected chi connectivity index (χ3v) is 6.93. The second-order valence-electron chi connectivity index (χ2n) is 9.95. The van der Waals surface area contributed by atoms with E-state index in [9.17, 15) is 10.2 Å². The first-order chi connectivity index (χ1) is 15.2. The molecule has 0 aromatic heterocycles. The van der Waals surface area contributed by atoms with Gasteiger partial charge in [0.2, 0.25) is 0 Å². The number of aliphatic hydroxyl groups is 2. The standard InChI is InChI=1S/C28H59NO2/c1-3-5-7-9-11-13-15-17-19-21-23-28(27-31,29-25-26-30)24-22-20-18-16-14-12-10-8-6-4-2/h29-31H,3-27H2,1-2H3. The smallest absolute Gasteiger partial charge is 0.0613 e. The molecule has 0 fully saturated rings. The maximum Gasteiger partial charge on any atom is 0.0613 e. The van der Waals surface area contributed by atoms with Crippen molar-refractivity contribution in [3.8, 4) is 0 Å². The Bertz CT molecular complexity index is 311. The predicted octanol–water partition coefficient (Wildman–Crippen LogP) is 7.92. The minimum Gasteiger partial charge on any atom is -0.395 e. The molecule has 0 aliphatic heterocycles. The summed E-state index contributed by atoms with van der Waals surface area (Å²) < 4.78 is 0. The minimum atomic E-state index is -0.178. The van der Waals surface area contributed by atoms with Crippen molar-refractivity contribution < 1.29 is 10.2 Å². The van der Waals surface area contributed by atoms with Gasteiger partial charge in [-0.3, -0.25) is 0 Å². The Morgan fingerprint density at radius 2 is 0.806 bits per heavy atom. The first-order valence-corrected chi connectivity index (χ1v) is 14.2. The quantitative estimate of drug-likeness (QED) is 0.119. The summed E-state index contributed by atoms with van der Waals surface area (Å²) in [7, 11) is 0. The molecule has 0 spiro atoms. The zero-order valence-corrected chi connectivity index (χ0v) is 21.6. The second-order valence-corrected chi connectivity index (χ2v) is 9.95. The van der Waals surface area contributed by atoms with Gasteiger partial charge in [-0.2, -0.15) is 0 Å². The van der Waals surface area contributed by atoms with E-state index < -0.39 is 0 Å². The molecule has 0 bridgehead atoms. The van der Waals surface area contributed by atoms with Gasteiger partial charge in [0.25, 0.3) is 0 Å². The van der Waals surface area contributed by atoms with Gasteiger partial charge in [0, 0.05) is 12.1 Å². The fourth-order valence-electron chi connectivity index (χ4n) is 4.74. The molecule has 0 unspecified atom stereocenters. The highest BCUT2D eigenvalue weighted by atomic mass is 16.3. The van der Waals surface area contributed by atoms with Crippen LogP contribution in [0.2, 0.25) is 0 Å². The van der Waals surface area contributed by atoms with Gasteiger partial charge in [-0.1, -0.05) is 142 Å². The topological polar surface area (TPSA) is 52.5 Å². The summed E-state index contributed by atoms with van der Waals surface area (Å²) in [6, 6.07) is 0. The SMILES string of the molecule is CCCCCCCCCCCCC(CO)(CCCCCCCCCCCC)NCCO. The van der Waals surface area contributed by atoms with Gasteiger partial charge < -0.3 is 15.5 Å². The Morgan fingerprint density at radius 3 is 1.10 bits per heavy atom. The van der Waals surface area contributed by atoms with Gasteiger partial charge >= 0.3 is 0 Å². The van der Waals surface area contributed by atoms with Crippen LogP contribution in [-0.4, -0.2) is 35.5 Å². The van der Waals surface area contributed by atoms with Crippen molar-refractivity contribution in [3.63, 3.8) is 0 Å². The van der Waals surface area contributed by atoms with E-state index in [1.54, 1.807) is 0 Å². The van der Waals surface area contributed by atoms with Crippen molar-refractivity contribution in [2.24, 2.45) is 0 Å². The molecule has 3 nitrogen and oxygen atoms in total. The zero-order valence-electron chi connectivity index (χ0n) is 21.6. The fourth-order valence-corrected chi connectivity index (χ4v) is 4.74. The number of rotatable bonds is 26. The van der Waals surface area contributed by atoms with Gasteiger partial charge in [0.15, 0.2) is 0 Å². The van der Waals surface area contributed by atoms with Crippen LogP contribution in [0.4, 0.5) is 0 Å². The van der Waals surface area contributed by atoms with Crippen molar-refractivity contribution in [2.75, 3.05) is 19.8 Å². The van der Waals surface area contributed by atoms with Gasteiger partial charge in [-0.05, 0) is 12.8 Å². The molecule has 0 aliphatic rings. The highest BCUT2D eigenvalue weighted by molar-refractivity contribution is 4.87. The molecule has 3 heteroatoms. The van der Waals surface area contributed by atoms with Crippen LogP contribution < -0.4 is 5.32 Å². The molecule has 0 amide bonds. The number of hydrogen-bond donors (Lipinski definition) is 3. The van der Waals surface area contributed by atoms with Crippen LogP contribution >= 0.6 is 0 Å². The lowest BCUT2D eigenvalue weighted by Crippen LogP contribution is -2.49. The molecule has 188 valence electrons. The van der Waals surface area contributed by atoms with Crippen LogP contribution in [0.15, 0.2) is 0 Å². The van der Waals surface area contributed by atoms with Crippen LogP contribution in [0.1, 0.15) is 155 Å². The highest BCUT2D eigenvalue weighted by Gasteiger charge is 2.27. The molecule has 0 rings (SSSR count). The Hall–Kier alpha value is -0.120. The Labute approximate surface area is 196 Å². The van der Waals surface area contributed by atoms with E-state index in [2.05, 4.69) is 19.2 Å². The molecule has 31 heavy (non-hydrogen) atoms. The van der Waals surface area contributed by atoms with Gasteiger partial charge in [-0.25, -0.2) is 0 Å². The lowest BCUT2D eigenvalue weighted by atomic mass is 9.86. The van der Waals surface area contributed by atoms with E-state index in [-0.39, 0.29) is 18.8 Å². The van der Waals surface area contributed by atoms with Crippen LogP contribution in [0, 0.1) is 0 Å². The summed E-state index contributed by atoms with van der Waals surface area (Å²) in [5.41, 5.74) is -0.178. The number of unbranched alkanes of at least 4 members (excludes halogenated alkanes) is 18. The number of aliphatic hydroxyl groups excluding tert-OH is 2.